The molecule has 24 heavy (non-hydrogen) atoms. The van der Waals surface area contributed by atoms with Gasteiger partial charge in [-0.25, -0.2) is 4.79 Å². The maximum absolute atomic E-state index is 12.2. The molecule has 134 valence electrons. The summed E-state index contributed by atoms with van der Waals surface area (Å²) in [5.41, 5.74) is 1.30. The Kier molecular flexibility index (Phi) is 8.86. The van der Waals surface area contributed by atoms with Crippen molar-refractivity contribution in [3.8, 4) is 0 Å². The molecule has 0 saturated carbocycles. The first kappa shape index (κ1) is 20.0. The lowest BCUT2D eigenvalue weighted by atomic mass is 10.2. The Morgan fingerprint density at radius 2 is 1.50 bits per heavy atom. The van der Waals surface area contributed by atoms with E-state index in [0.29, 0.717) is 30.9 Å². The normalized spacial score (nSPS) is 10.5. The lowest BCUT2D eigenvalue weighted by molar-refractivity contribution is 0.0773. The van der Waals surface area contributed by atoms with E-state index in [1.807, 2.05) is 13.8 Å². The first-order valence-electron chi connectivity index (χ1n) is 8.72. The Hall–Kier alpha value is -2.08. The van der Waals surface area contributed by atoms with Crippen LogP contribution >= 0.6 is 0 Å². The molecule has 1 rings (SSSR count). The molecule has 0 aliphatic heterocycles. The summed E-state index contributed by atoms with van der Waals surface area (Å²) >= 11 is 0. The molecule has 0 aromatic heterocycles. The fourth-order valence-electron chi connectivity index (χ4n) is 2.43. The van der Waals surface area contributed by atoms with Crippen molar-refractivity contribution in [3.05, 3.63) is 29.8 Å². The Balaban J connectivity index is 2.49. The van der Waals surface area contributed by atoms with E-state index in [1.54, 1.807) is 29.2 Å². The number of nitrogens with zero attached hydrogens (tertiary/aromatic N) is 2. The van der Waals surface area contributed by atoms with Crippen molar-refractivity contribution in [1.29, 1.82) is 0 Å². The van der Waals surface area contributed by atoms with E-state index in [4.69, 9.17) is 0 Å². The molecule has 3 amide bonds. The first-order valence-corrected chi connectivity index (χ1v) is 8.72. The van der Waals surface area contributed by atoms with Crippen molar-refractivity contribution in [3.63, 3.8) is 0 Å². The molecule has 6 nitrogen and oxygen atoms in total. The molecular weight excluding hydrogens is 304 g/mol. The van der Waals surface area contributed by atoms with Crippen molar-refractivity contribution in [2.75, 3.05) is 44.6 Å². The van der Waals surface area contributed by atoms with Crippen molar-refractivity contribution < 1.29 is 9.59 Å². The number of hydrogen-bond acceptors (Lipinski definition) is 3. The zero-order chi connectivity index (χ0) is 17.9. The fraction of sp³-hybridized carbons (Fsp3) is 0.556. The van der Waals surface area contributed by atoms with Gasteiger partial charge in [-0.05, 0) is 51.2 Å². The van der Waals surface area contributed by atoms with Gasteiger partial charge in [-0.3, -0.25) is 4.79 Å². The average Bonchev–Trinajstić information content (AvgIpc) is 2.60. The van der Waals surface area contributed by atoms with E-state index in [-0.39, 0.29) is 11.9 Å². The van der Waals surface area contributed by atoms with Crippen LogP contribution in [0.4, 0.5) is 10.5 Å². The molecule has 0 unspecified atom stereocenters. The number of amides is 3. The molecule has 0 radical (unpaired) electrons. The van der Waals surface area contributed by atoms with Crippen molar-refractivity contribution in [2.24, 2.45) is 0 Å². The SMILES string of the molecule is CCN(CC)CCNC(=O)Nc1ccc(C(=O)N(CC)CC)cc1. The van der Waals surface area contributed by atoms with Crippen LogP contribution < -0.4 is 10.6 Å². The minimum absolute atomic E-state index is 0.00947. The third-order valence-electron chi connectivity index (χ3n) is 4.05. The van der Waals surface area contributed by atoms with Crippen LogP contribution in [-0.2, 0) is 0 Å². The smallest absolute Gasteiger partial charge is 0.319 e. The molecule has 0 fully saturated rings. The molecule has 0 atom stereocenters. The number of likely N-dealkylation sites (N-methyl/N-ethyl adjacent to an activating group) is 1. The van der Waals surface area contributed by atoms with Crippen LogP contribution in [0.5, 0.6) is 0 Å². The maximum Gasteiger partial charge on any atom is 0.319 e. The third-order valence-corrected chi connectivity index (χ3v) is 4.05. The number of rotatable bonds is 9. The number of carbonyl (C=O) groups is 2. The maximum atomic E-state index is 12.2. The van der Waals surface area contributed by atoms with Gasteiger partial charge in [0.1, 0.15) is 0 Å². The highest BCUT2D eigenvalue weighted by Crippen LogP contribution is 2.11. The molecule has 1 aromatic carbocycles. The predicted molar refractivity (Wildman–Crippen MR) is 98.5 cm³/mol. The molecule has 0 heterocycles. The van der Waals surface area contributed by atoms with Gasteiger partial charge in [0.25, 0.3) is 5.91 Å². The number of urea groups is 1. The van der Waals surface area contributed by atoms with Gasteiger partial charge in [0.05, 0.1) is 0 Å². The number of carbonyl (C=O) groups excluding carboxylic acids is 2. The lowest BCUT2D eigenvalue weighted by Crippen LogP contribution is -2.36. The Morgan fingerprint density at radius 1 is 0.917 bits per heavy atom. The van der Waals surface area contributed by atoms with E-state index in [9.17, 15) is 9.59 Å². The van der Waals surface area contributed by atoms with Gasteiger partial charge in [0.15, 0.2) is 0 Å². The summed E-state index contributed by atoms with van der Waals surface area (Å²) in [5, 5.41) is 5.62. The second-order valence-corrected chi connectivity index (χ2v) is 5.46. The van der Waals surface area contributed by atoms with Crippen LogP contribution in [-0.4, -0.2) is 61.0 Å². The summed E-state index contributed by atoms with van der Waals surface area (Å²) in [6.07, 6.45) is 0. The van der Waals surface area contributed by atoms with E-state index < -0.39 is 0 Å². The predicted octanol–water partition coefficient (Wildman–Crippen LogP) is 2.63. The van der Waals surface area contributed by atoms with Crippen LogP contribution in [0.1, 0.15) is 38.1 Å². The topological polar surface area (TPSA) is 64.7 Å². The van der Waals surface area contributed by atoms with Crippen LogP contribution in [0, 0.1) is 0 Å². The second kappa shape index (κ2) is 10.6. The molecule has 0 aliphatic rings. The number of benzene rings is 1. The van der Waals surface area contributed by atoms with Gasteiger partial charge in [-0.2, -0.15) is 0 Å². The van der Waals surface area contributed by atoms with E-state index in [2.05, 4.69) is 29.4 Å². The Labute approximate surface area is 145 Å². The number of hydrogen-bond donors (Lipinski definition) is 2. The average molecular weight is 334 g/mol. The molecular formula is C18H30N4O2. The Morgan fingerprint density at radius 3 is 2.00 bits per heavy atom. The second-order valence-electron chi connectivity index (χ2n) is 5.46. The monoisotopic (exact) mass is 334 g/mol. The molecule has 1 aromatic rings. The highest BCUT2D eigenvalue weighted by molar-refractivity contribution is 5.95. The molecule has 0 bridgehead atoms. The van der Waals surface area contributed by atoms with Gasteiger partial charge in [0.2, 0.25) is 0 Å². The third kappa shape index (κ3) is 6.20. The van der Waals surface area contributed by atoms with Crippen molar-refractivity contribution in [1.82, 2.24) is 15.1 Å². The van der Waals surface area contributed by atoms with Gasteiger partial charge < -0.3 is 20.4 Å². The molecule has 0 saturated heterocycles. The summed E-state index contributed by atoms with van der Waals surface area (Å²) in [6, 6.07) is 6.75. The van der Waals surface area contributed by atoms with Crippen LogP contribution in [0.3, 0.4) is 0 Å². The standard InChI is InChI=1S/C18H30N4O2/c1-5-21(6-2)14-13-19-18(24)20-16-11-9-15(10-12-16)17(23)22(7-3)8-4/h9-12H,5-8,13-14H2,1-4H3,(H2,19,20,24). The number of anilines is 1. The summed E-state index contributed by atoms with van der Waals surface area (Å²) in [7, 11) is 0. The molecule has 0 aliphatic carbocycles. The quantitative estimate of drug-likeness (QED) is 0.730. The van der Waals surface area contributed by atoms with Crippen LogP contribution in [0.2, 0.25) is 0 Å². The van der Waals surface area contributed by atoms with Gasteiger partial charge >= 0.3 is 6.03 Å². The first-order chi connectivity index (χ1) is 11.5. The summed E-state index contributed by atoms with van der Waals surface area (Å²) in [4.78, 5) is 28.1. The van der Waals surface area contributed by atoms with Gasteiger partial charge in [-0.1, -0.05) is 13.8 Å². The van der Waals surface area contributed by atoms with Crippen LogP contribution in [0.15, 0.2) is 24.3 Å². The zero-order valence-electron chi connectivity index (χ0n) is 15.3. The highest BCUT2D eigenvalue weighted by Gasteiger charge is 2.12. The number of nitrogens with one attached hydrogen (secondary N) is 2. The molecule has 2 N–H and O–H groups in total. The van der Waals surface area contributed by atoms with Gasteiger partial charge in [-0.15, -0.1) is 0 Å². The van der Waals surface area contributed by atoms with Gasteiger partial charge in [0, 0.05) is 37.4 Å². The Bertz CT molecular complexity index is 508. The highest BCUT2D eigenvalue weighted by atomic mass is 16.2. The molecule has 0 spiro atoms. The van der Waals surface area contributed by atoms with E-state index in [0.717, 1.165) is 19.6 Å². The zero-order valence-corrected chi connectivity index (χ0v) is 15.3. The van der Waals surface area contributed by atoms with Crippen molar-refractivity contribution in [2.45, 2.75) is 27.7 Å². The summed E-state index contributed by atoms with van der Waals surface area (Å²) in [6.45, 7) is 12.9. The van der Waals surface area contributed by atoms with E-state index in [1.165, 1.54) is 0 Å². The summed E-state index contributed by atoms with van der Waals surface area (Å²) in [5.74, 6) is 0.00947. The van der Waals surface area contributed by atoms with Crippen LogP contribution in [0.25, 0.3) is 0 Å². The minimum Gasteiger partial charge on any atom is -0.339 e. The van der Waals surface area contributed by atoms with Crippen molar-refractivity contribution >= 4 is 17.6 Å². The van der Waals surface area contributed by atoms with E-state index >= 15 is 0 Å². The fourth-order valence-corrected chi connectivity index (χ4v) is 2.43. The molecule has 6 heteroatoms. The summed E-state index contributed by atoms with van der Waals surface area (Å²) < 4.78 is 0. The minimum atomic E-state index is -0.232. The lowest BCUT2D eigenvalue weighted by Gasteiger charge is -2.19. The largest absolute Gasteiger partial charge is 0.339 e.